The molecule has 1 unspecified atom stereocenters. The molecule has 1 aromatic carbocycles. The summed E-state index contributed by atoms with van der Waals surface area (Å²) in [5.74, 6) is 0. The number of aromatic nitrogens is 2. The van der Waals surface area contributed by atoms with Crippen molar-refractivity contribution < 1.29 is 5.11 Å². The minimum atomic E-state index is -0.663. The van der Waals surface area contributed by atoms with Gasteiger partial charge in [-0.15, -0.1) is 0 Å². The van der Waals surface area contributed by atoms with E-state index >= 15 is 0 Å². The van der Waals surface area contributed by atoms with Crippen LogP contribution in [0, 0.1) is 0 Å². The predicted octanol–water partition coefficient (Wildman–Crippen LogP) is 1.57. The molecule has 0 aliphatic carbocycles. The largest absolute Gasteiger partial charge is 0.399 e. The Morgan fingerprint density at radius 2 is 2.25 bits per heavy atom. The SMILES string of the molecule is CCn1cc(C(O)c2cccc(N)c2)cn1. The fraction of sp³-hybridized carbons (Fsp3) is 0.250. The van der Waals surface area contributed by atoms with E-state index in [9.17, 15) is 5.11 Å². The molecule has 1 aromatic heterocycles. The number of rotatable bonds is 3. The maximum absolute atomic E-state index is 10.1. The topological polar surface area (TPSA) is 64.1 Å². The number of aryl methyl sites for hydroxylation is 1. The first-order valence-corrected chi connectivity index (χ1v) is 5.26. The van der Waals surface area contributed by atoms with Gasteiger partial charge in [0.15, 0.2) is 0 Å². The third kappa shape index (κ3) is 2.06. The summed E-state index contributed by atoms with van der Waals surface area (Å²) in [7, 11) is 0. The Kier molecular flexibility index (Phi) is 2.92. The van der Waals surface area contributed by atoms with Gasteiger partial charge in [0.05, 0.1) is 6.20 Å². The molecule has 84 valence electrons. The summed E-state index contributed by atoms with van der Waals surface area (Å²) in [6.07, 6.45) is 2.86. The Hall–Kier alpha value is -1.81. The van der Waals surface area contributed by atoms with Gasteiger partial charge in [0, 0.05) is 24.0 Å². The van der Waals surface area contributed by atoms with E-state index in [1.807, 2.05) is 25.3 Å². The van der Waals surface area contributed by atoms with Gasteiger partial charge in [0.1, 0.15) is 6.10 Å². The molecule has 2 rings (SSSR count). The molecule has 0 aliphatic rings. The van der Waals surface area contributed by atoms with Gasteiger partial charge < -0.3 is 10.8 Å². The monoisotopic (exact) mass is 217 g/mol. The highest BCUT2D eigenvalue weighted by Crippen LogP contribution is 2.22. The number of aliphatic hydroxyl groups is 1. The molecule has 0 saturated heterocycles. The second kappa shape index (κ2) is 4.37. The molecule has 0 fully saturated rings. The second-order valence-electron chi connectivity index (χ2n) is 3.70. The lowest BCUT2D eigenvalue weighted by molar-refractivity contribution is 0.220. The van der Waals surface area contributed by atoms with Crippen LogP contribution >= 0.6 is 0 Å². The summed E-state index contributed by atoms with van der Waals surface area (Å²) in [5.41, 5.74) is 7.90. The van der Waals surface area contributed by atoms with Gasteiger partial charge in [-0.2, -0.15) is 5.10 Å². The fourth-order valence-corrected chi connectivity index (χ4v) is 1.62. The minimum absolute atomic E-state index is 0.652. The lowest BCUT2D eigenvalue weighted by atomic mass is 10.0. The zero-order valence-corrected chi connectivity index (χ0v) is 9.17. The molecule has 0 spiro atoms. The lowest BCUT2D eigenvalue weighted by Crippen LogP contribution is -1.99. The van der Waals surface area contributed by atoms with E-state index < -0.39 is 6.10 Å². The zero-order chi connectivity index (χ0) is 11.5. The number of nitrogen functional groups attached to an aromatic ring is 1. The summed E-state index contributed by atoms with van der Waals surface area (Å²) >= 11 is 0. The Balaban J connectivity index is 2.27. The van der Waals surface area contributed by atoms with E-state index in [1.54, 1.807) is 23.0 Å². The number of anilines is 1. The molecule has 2 aromatic rings. The van der Waals surface area contributed by atoms with E-state index in [0.29, 0.717) is 5.69 Å². The molecule has 1 heterocycles. The van der Waals surface area contributed by atoms with Crippen LogP contribution in [0.2, 0.25) is 0 Å². The van der Waals surface area contributed by atoms with Crippen LogP contribution in [0.3, 0.4) is 0 Å². The van der Waals surface area contributed by atoms with Gasteiger partial charge >= 0.3 is 0 Å². The Bertz CT molecular complexity index is 479. The molecule has 0 aliphatic heterocycles. The quantitative estimate of drug-likeness (QED) is 0.767. The first-order valence-electron chi connectivity index (χ1n) is 5.26. The maximum Gasteiger partial charge on any atom is 0.107 e. The van der Waals surface area contributed by atoms with Gasteiger partial charge in [0.2, 0.25) is 0 Å². The van der Waals surface area contributed by atoms with Crippen molar-refractivity contribution in [3.8, 4) is 0 Å². The molecule has 4 heteroatoms. The predicted molar refractivity (Wildman–Crippen MR) is 62.8 cm³/mol. The third-order valence-corrected chi connectivity index (χ3v) is 2.52. The number of hydrogen-bond donors (Lipinski definition) is 2. The number of benzene rings is 1. The molecule has 1 atom stereocenters. The van der Waals surface area contributed by atoms with E-state index in [2.05, 4.69) is 5.10 Å². The Morgan fingerprint density at radius 3 is 2.88 bits per heavy atom. The maximum atomic E-state index is 10.1. The summed E-state index contributed by atoms with van der Waals surface area (Å²) < 4.78 is 1.78. The summed E-state index contributed by atoms with van der Waals surface area (Å²) in [5, 5.41) is 14.2. The van der Waals surface area contributed by atoms with Crippen LogP contribution in [0.5, 0.6) is 0 Å². The smallest absolute Gasteiger partial charge is 0.107 e. The molecular formula is C12H15N3O. The van der Waals surface area contributed by atoms with Crippen LogP contribution < -0.4 is 5.73 Å². The van der Waals surface area contributed by atoms with Crippen molar-refractivity contribution in [3.05, 3.63) is 47.8 Å². The van der Waals surface area contributed by atoms with Crippen molar-refractivity contribution in [1.82, 2.24) is 9.78 Å². The normalized spacial score (nSPS) is 12.6. The molecule has 0 radical (unpaired) electrons. The van der Waals surface area contributed by atoms with Crippen molar-refractivity contribution >= 4 is 5.69 Å². The van der Waals surface area contributed by atoms with Crippen LogP contribution in [0.4, 0.5) is 5.69 Å². The van der Waals surface area contributed by atoms with Gasteiger partial charge in [-0.05, 0) is 24.6 Å². The summed E-state index contributed by atoms with van der Waals surface area (Å²) in [6, 6.07) is 7.25. The van der Waals surface area contributed by atoms with Crippen LogP contribution in [0.1, 0.15) is 24.2 Å². The number of aliphatic hydroxyl groups excluding tert-OH is 1. The molecule has 16 heavy (non-hydrogen) atoms. The van der Waals surface area contributed by atoms with E-state index in [0.717, 1.165) is 17.7 Å². The molecular weight excluding hydrogens is 202 g/mol. The molecule has 0 saturated carbocycles. The Labute approximate surface area is 94.3 Å². The first-order chi connectivity index (χ1) is 7.70. The molecule has 0 bridgehead atoms. The summed E-state index contributed by atoms with van der Waals surface area (Å²) in [4.78, 5) is 0. The van der Waals surface area contributed by atoms with Crippen LogP contribution in [0.25, 0.3) is 0 Å². The molecule has 4 nitrogen and oxygen atoms in total. The molecule has 3 N–H and O–H groups in total. The Morgan fingerprint density at radius 1 is 1.44 bits per heavy atom. The van der Waals surface area contributed by atoms with E-state index in [4.69, 9.17) is 5.73 Å². The lowest BCUT2D eigenvalue weighted by Gasteiger charge is -2.09. The van der Waals surface area contributed by atoms with Crippen molar-refractivity contribution in [1.29, 1.82) is 0 Å². The van der Waals surface area contributed by atoms with E-state index in [-0.39, 0.29) is 0 Å². The van der Waals surface area contributed by atoms with Gasteiger partial charge in [-0.1, -0.05) is 12.1 Å². The zero-order valence-electron chi connectivity index (χ0n) is 9.17. The van der Waals surface area contributed by atoms with Gasteiger partial charge in [0.25, 0.3) is 0 Å². The number of nitrogens with two attached hydrogens (primary N) is 1. The van der Waals surface area contributed by atoms with E-state index in [1.165, 1.54) is 0 Å². The van der Waals surface area contributed by atoms with Crippen LogP contribution in [-0.4, -0.2) is 14.9 Å². The average molecular weight is 217 g/mol. The van der Waals surface area contributed by atoms with Crippen LogP contribution in [-0.2, 0) is 6.54 Å². The van der Waals surface area contributed by atoms with Crippen molar-refractivity contribution in [2.24, 2.45) is 0 Å². The highest BCUT2D eigenvalue weighted by molar-refractivity contribution is 5.43. The number of nitrogens with zero attached hydrogens (tertiary/aromatic N) is 2. The molecule has 0 amide bonds. The third-order valence-electron chi connectivity index (χ3n) is 2.52. The van der Waals surface area contributed by atoms with Crippen molar-refractivity contribution in [2.75, 3.05) is 5.73 Å². The first kappa shape index (κ1) is 10.7. The highest BCUT2D eigenvalue weighted by Gasteiger charge is 2.12. The standard InChI is InChI=1S/C12H15N3O/c1-2-15-8-10(7-14-15)12(16)9-4-3-5-11(13)6-9/h3-8,12,16H,2,13H2,1H3. The van der Waals surface area contributed by atoms with Crippen LogP contribution in [0.15, 0.2) is 36.7 Å². The summed E-state index contributed by atoms with van der Waals surface area (Å²) in [6.45, 7) is 2.80. The highest BCUT2D eigenvalue weighted by atomic mass is 16.3. The minimum Gasteiger partial charge on any atom is -0.399 e. The fourth-order valence-electron chi connectivity index (χ4n) is 1.62. The average Bonchev–Trinajstić information content (AvgIpc) is 2.76. The van der Waals surface area contributed by atoms with Crippen molar-refractivity contribution in [3.63, 3.8) is 0 Å². The van der Waals surface area contributed by atoms with Gasteiger partial charge in [-0.25, -0.2) is 0 Å². The number of hydrogen-bond acceptors (Lipinski definition) is 3. The van der Waals surface area contributed by atoms with Gasteiger partial charge in [-0.3, -0.25) is 4.68 Å². The van der Waals surface area contributed by atoms with Crippen molar-refractivity contribution in [2.45, 2.75) is 19.6 Å². The second-order valence-corrected chi connectivity index (χ2v) is 3.70.